The smallest absolute Gasteiger partial charge is 0.205 e. The largest absolute Gasteiger partial charge is 0.298 e. The Morgan fingerprint density at radius 2 is 1.93 bits per heavy atom. The van der Waals surface area contributed by atoms with Gasteiger partial charge in [-0.05, 0) is 35.2 Å². The lowest BCUT2D eigenvalue weighted by atomic mass is 9.98. The zero-order valence-electron chi connectivity index (χ0n) is 16.9. The third-order valence-electron chi connectivity index (χ3n) is 4.71. The Morgan fingerprint density at radius 1 is 1.17 bits per heavy atom. The number of amidine groups is 1. The number of H-pyrrole nitrogens is 1. The Bertz CT molecular complexity index is 1030. The van der Waals surface area contributed by atoms with Crippen molar-refractivity contribution in [3.63, 3.8) is 0 Å². The highest BCUT2D eigenvalue weighted by Gasteiger charge is 2.27. The Kier molecular flexibility index (Phi) is 6.20. The molecule has 1 saturated heterocycles. The number of rotatable bonds is 7. The van der Waals surface area contributed by atoms with Crippen molar-refractivity contribution in [3.05, 3.63) is 54.1 Å². The van der Waals surface area contributed by atoms with E-state index in [4.69, 9.17) is 0 Å². The van der Waals surface area contributed by atoms with E-state index in [1.54, 1.807) is 18.7 Å². The van der Waals surface area contributed by atoms with Crippen LogP contribution in [0.5, 0.6) is 0 Å². The predicted molar refractivity (Wildman–Crippen MR) is 118 cm³/mol. The molecule has 1 unspecified atom stereocenters. The van der Waals surface area contributed by atoms with Gasteiger partial charge in [-0.3, -0.25) is 14.8 Å². The number of Topliss-reactive ketones (excluding diaryl/α,β-unsaturated/α-hetero) is 1. The normalized spacial score (nSPS) is 17.6. The van der Waals surface area contributed by atoms with Crippen LogP contribution in [0.4, 0.5) is 0 Å². The lowest BCUT2D eigenvalue weighted by Crippen LogP contribution is -2.37. The van der Waals surface area contributed by atoms with Gasteiger partial charge in [-0.25, -0.2) is 5.43 Å². The van der Waals surface area contributed by atoms with Crippen molar-refractivity contribution in [1.82, 2.24) is 31.1 Å². The van der Waals surface area contributed by atoms with E-state index in [-0.39, 0.29) is 17.7 Å². The van der Waals surface area contributed by atoms with Gasteiger partial charge in [0.05, 0.1) is 11.9 Å². The molecule has 1 aliphatic heterocycles. The lowest BCUT2D eigenvalue weighted by molar-refractivity contribution is -0.115. The van der Waals surface area contributed by atoms with E-state index in [0.29, 0.717) is 12.4 Å². The summed E-state index contributed by atoms with van der Waals surface area (Å²) >= 11 is 1.67. The van der Waals surface area contributed by atoms with Gasteiger partial charge < -0.3 is 0 Å². The van der Waals surface area contributed by atoms with Crippen molar-refractivity contribution in [2.75, 3.05) is 6.54 Å². The number of carbonyl (C=O) groups is 1. The molecule has 30 heavy (non-hydrogen) atoms. The number of carbonyl (C=O) groups excluding carboxylic acids is 1. The summed E-state index contributed by atoms with van der Waals surface area (Å²) in [4.78, 5) is 15.8. The quantitative estimate of drug-likeness (QED) is 0.604. The fourth-order valence-corrected chi connectivity index (χ4v) is 4.20. The molecule has 0 aliphatic carbocycles. The molecule has 1 aliphatic rings. The molecule has 8 nitrogen and oxygen atoms in total. The summed E-state index contributed by atoms with van der Waals surface area (Å²) < 4.78 is 0. The van der Waals surface area contributed by atoms with Gasteiger partial charge in [-0.1, -0.05) is 67.2 Å². The number of nitrogens with one attached hydrogen (secondary N) is 2. The van der Waals surface area contributed by atoms with Gasteiger partial charge in [0.25, 0.3) is 0 Å². The SMILES string of the molecule is CCC1NN(Cc2ccc(-c3ccccc3-c3nn[nH]n3)cc2)C(=NCC(C)=O)S1. The van der Waals surface area contributed by atoms with Crippen LogP contribution in [0.15, 0.2) is 53.5 Å². The van der Waals surface area contributed by atoms with E-state index in [0.717, 1.165) is 33.8 Å². The maximum atomic E-state index is 11.3. The maximum Gasteiger partial charge on any atom is 0.205 e. The first-order valence-corrected chi connectivity index (χ1v) is 10.7. The molecule has 3 aromatic rings. The van der Waals surface area contributed by atoms with Crippen LogP contribution < -0.4 is 5.43 Å². The summed E-state index contributed by atoms with van der Waals surface area (Å²) in [7, 11) is 0. The molecule has 0 saturated carbocycles. The number of benzene rings is 2. The third kappa shape index (κ3) is 4.58. The van der Waals surface area contributed by atoms with Crippen LogP contribution in [0, 0.1) is 0 Å². The number of aromatic amines is 1. The second-order valence-corrected chi connectivity index (χ2v) is 8.18. The fourth-order valence-electron chi connectivity index (χ4n) is 3.21. The number of hydrogen-bond donors (Lipinski definition) is 2. The standard InChI is InChI=1S/C21H23N7OS/c1-3-19-25-28(21(30-19)22-12-14(2)29)13-15-8-10-16(11-9-15)17-6-4-5-7-18(17)20-23-26-27-24-20/h4-11,19,25H,3,12-13H2,1-2H3,(H,23,24,26,27). The summed E-state index contributed by atoms with van der Waals surface area (Å²) in [6.45, 7) is 4.58. The molecular formula is C21H23N7OS. The van der Waals surface area contributed by atoms with Gasteiger partial charge in [0, 0.05) is 5.56 Å². The number of aromatic nitrogens is 4. The van der Waals surface area contributed by atoms with E-state index >= 15 is 0 Å². The molecule has 0 bridgehead atoms. The van der Waals surface area contributed by atoms with Crippen LogP contribution in [-0.2, 0) is 11.3 Å². The molecule has 2 heterocycles. The van der Waals surface area contributed by atoms with Crippen LogP contribution in [-0.4, -0.2) is 48.5 Å². The van der Waals surface area contributed by atoms with Gasteiger partial charge in [0.15, 0.2) is 11.0 Å². The molecule has 0 radical (unpaired) electrons. The molecule has 2 N–H and O–H groups in total. The topological polar surface area (TPSA) is 99.2 Å². The average molecular weight is 422 g/mol. The third-order valence-corrected chi connectivity index (χ3v) is 5.99. The van der Waals surface area contributed by atoms with E-state index < -0.39 is 0 Å². The number of nitrogens with zero attached hydrogens (tertiary/aromatic N) is 5. The first-order chi connectivity index (χ1) is 14.6. The minimum absolute atomic E-state index is 0.0626. The summed E-state index contributed by atoms with van der Waals surface area (Å²) in [5.41, 5.74) is 7.68. The maximum absolute atomic E-state index is 11.3. The summed E-state index contributed by atoms with van der Waals surface area (Å²) in [6.07, 6.45) is 0.978. The molecular weight excluding hydrogens is 398 g/mol. The van der Waals surface area contributed by atoms with Crippen molar-refractivity contribution in [3.8, 4) is 22.5 Å². The average Bonchev–Trinajstić information content (AvgIpc) is 3.43. The van der Waals surface area contributed by atoms with Crippen LogP contribution in [0.3, 0.4) is 0 Å². The number of ketones is 1. The Balaban J connectivity index is 1.53. The Morgan fingerprint density at radius 3 is 2.60 bits per heavy atom. The zero-order valence-corrected chi connectivity index (χ0v) is 17.7. The molecule has 1 fully saturated rings. The molecule has 2 aromatic carbocycles. The van der Waals surface area contributed by atoms with Crippen molar-refractivity contribution < 1.29 is 4.79 Å². The van der Waals surface area contributed by atoms with E-state index in [1.807, 2.05) is 23.2 Å². The zero-order chi connectivity index (χ0) is 20.9. The van der Waals surface area contributed by atoms with E-state index in [1.165, 1.54) is 0 Å². The molecule has 154 valence electrons. The van der Waals surface area contributed by atoms with Crippen molar-refractivity contribution in [2.24, 2.45) is 4.99 Å². The molecule has 1 atom stereocenters. The highest BCUT2D eigenvalue weighted by molar-refractivity contribution is 8.14. The van der Waals surface area contributed by atoms with Crippen molar-refractivity contribution in [2.45, 2.75) is 32.2 Å². The first-order valence-electron chi connectivity index (χ1n) is 9.80. The highest BCUT2D eigenvalue weighted by Crippen LogP contribution is 2.30. The van der Waals surface area contributed by atoms with E-state index in [9.17, 15) is 4.79 Å². The Hall–Kier alpha value is -3.04. The van der Waals surface area contributed by atoms with Gasteiger partial charge in [-0.2, -0.15) is 5.21 Å². The lowest BCUT2D eigenvalue weighted by Gasteiger charge is -2.19. The van der Waals surface area contributed by atoms with Gasteiger partial charge in [0.2, 0.25) is 5.82 Å². The number of thioether (sulfide) groups is 1. The summed E-state index contributed by atoms with van der Waals surface area (Å²) in [5.74, 6) is 0.637. The second-order valence-electron chi connectivity index (χ2n) is 7.01. The van der Waals surface area contributed by atoms with Gasteiger partial charge in [0.1, 0.15) is 6.54 Å². The second kappa shape index (κ2) is 9.19. The fraction of sp³-hybridized carbons (Fsp3) is 0.286. The van der Waals surface area contributed by atoms with E-state index in [2.05, 4.69) is 68.3 Å². The highest BCUT2D eigenvalue weighted by atomic mass is 32.2. The molecule has 1 aromatic heterocycles. The van der Waals surface area contributed by atoms with Gasteiger partial charge >= 0.3 is 0 Å². The molecule has 4 rings (SSSR count). The van der Waals surface area contributed by atoms with Crippen LogP contribution in [0.2, 0.25) is 0 Å². The number of aliphatic imine (C=N–C) groups is 1. The minimum atomic E-state index is 0.0626. The van der Waals surface area contributed by atoms with Crippen LogP contribution in [0.1, 0.15) is 25.8 Å². The van der Waals surface area contributed by atoms with Crippen LogP contribution in [0.25, 0.3) is 22.5 Å². The molecule has 0 amide bonds. The number of tetrazole rings is 1. The number of hydrazine groups is 1. The Labute approximate surface area is 179 Å². The van der Waals surface area contributed by atoms with Crippen LogP contribution >= 0.6 is 11.8 Å². The van der Waals surface area contributed by atoms with Gasteiger partial charge in [-0.15, -0.1) is 10.2 Å². The number of hydrogen-bond acceptors (Lipinski definition) is 7. The monoisotopic (exact) mass is 421 g/mol. The van der Waals surface area contributed by atoms with Crippen molar-refractivity contribution >= 4 is 22.7 Å². The molecule has 9 heteroatoms. The summed E-state index contributed by atoms with van der Waals surface area (Å²) in [6, 6.07) is 16.4. The molecule has 0 spiro atoms. The predicted octanol–water partition coefficient (Wildman–Crippen LogP) is 3.27. The summed E-state index contributed by atoms with van der Waals surface area (Å²) in [5, 5.41) is 17.6. The first kappa shape index (κ1) is 20.2. The minimum Gasteiger partial charge on any atom is -0.298 e. The van der Waals surface area contributed by atoms with Crippen molar-refractivity contribution in [1.29, 1.82) is 0 Å².